The Labute approximate surface area is 132 Å². The number of amides is 1. The number of carbonyl (C=O) groups is 1. The first-order valence-corrected chi connectivity index (χ1v) is 7.66. The third-order valence-electron chi connectivity index (χ3n) is 3.84. The number of carbonyl (C=O) groups excluding carboxylic acids is 1. The topological polar surface area (TPSA) is 41.1 Å². The van der Waals surface area contributed by atoms with Crippen LogP contribution >= 0.6 is 0 Å². The minimum atomic E-state index is -0.268. The molecule has 0 unspecified atom stereocenters. The fraction of sp³-hybridized carbons (Fsp3) is 0.316. The molecule has 2 N–H and O–H groups in total. The number of hydrogen-bond acceptors (Lipinski definition) is 2. The van der Waals surface area contributed by atoms with Crippen LogP contribution in [0.15, 0.2) is 48.5 Å². The number of nitrogens with one attached hydrogen (secondary N) is 2. The van der Waals surface area contributed by atoms with Gasteiger partial charge < -0.3 is 5.32 Å². The maximum Gasteiger partial charge on any atom is 0.241 e. The van der Waals surface area contributed by atoms with Gasteiger partial charge in [-0.25, -0.2) is 0 Å². The first kappa shape index (κ1) is 16.2. The van der Waals surface area contributed by atoms with Gasteiger partial charge in [-0.3, -0.25) is 10.1 Å². The summed E-state index contributed by atoms with van der Waals surface area (Å²) in [5, 5.41) is 6.34. The first-order valence-electron chi connectivity index (χ1n) is 7.66. The van der Waals surface area contributed by atoms with Gasteiger partial charge in [0.2, 0.25) is 5.91 Å². The van der Waals surface area contributed by atoms with Crippen molar-refractivity contribution in [2.75, 3.05) is 5.32 Å². The number of aryl methyl sites for hydroxylation is 2. The third-order valence-corrected chi connectivity index (χ3v) is 3.84. The smallest absolute Gasteiger partial charge is 0.241 e. The van der Waals surface area contributed by atoms with E-state index >= 15 is 0 Å². The molecule has 0 spiro atoms. The Morgan fingerprint density at radius 2 is 1.68 bits per heavy atom. The predicted octanol–water partition coefficient (Wildman–Crippen LogP) is 3.98. The molecule has 0 saturated carbocycles. The maximum absolute atomic E-state index is 12.4. The highest BCUT2D eigenvalue weighted by molar-refractivity contribution is 5.95. The van der Waals surface area contributed by atoms with Crippen molar-refractivity contribution in [2.45, 2.75) is 39.8 Å². The van der Waals surface area contributed by atoms with Crippen LogP contribution in [0.2, 0.25) is 0 Å². The van der Waals surface area contributed by atoms with Gasteiger partial charge in [0.05, 0.1) is 6.04 Å². The van der Waals surface area contributed by atoms with Gasteiger partial charge in [-0.05, 0) is 50.5 Å². The molecular formula is C19H24N2O. The molecule has 3 nitrogen and oxygen atoms in total. The second-order valence-electron chi connectivity index (χ2n) is 5.83. The number of hydrogen-bond donors (Lipinski definition) is 2. The van der Waals surface area contributed by atoms with E-state index in [1.807, 2.05) is 57.2 Å². The van der Waals surface area contributed by atoms with Gasteiger partial charge in [0.15, 0.2) is 0 Å². The Morgan fingerprint density at radius 3 is 2.36 bits per heavy atom. The molecule has 0 radical (unpaired) electrons. The van der Waals surface area contributed by atoms with Gasteiger partial charge in [0.1, 0.15) is 0 Å². The largest absolute Gasteiger partial charge is 0.324 e. The van der Waals surface area contributed by atoms with Crippen LogP contribution < -0.4 is 10.6 Å². The monoisotopic (exact) mass is 296 g/mol. The minimum Gasteiger partial charge on any atom is -0.324 e. The molecule has 3 heteroatoms. The summed E-state index contributed by atoms with van der Waals surface area (Å²) in [7, 11) is 0. The molecule has 2 aromatic carbocycles. The van der Waals surface area contributed by atoms with Gasteiger partial charge in [-0.2, -0.15) is 0 Å². The van der Waals surface area contributed by atoms with Crippen molar-refractivity contribution in [3.05, 3.63) is 65.2 Å². The van der Waals surface area contributed by atoms with E-state index in [0.29, 0.717) is 0 Å². The molecular weight excluding hydrogens is 272 g/mol. The van der Waals surface area contributed by atoms with Gasteiger partial charge >= 0.3 is 0 Å². The van der Waals surface area contributed by atoms with Crippen molar-refractivity contribution < 1.29 is 4.79 Å². The van der Waals surface area contributed by atoms with Crippen LogP contribution in [-0.4, -0.2) is 11.9 Å². The molecule has 0 aliphatic carbocycles. The Bertz CT molecular complexity index is 637. The number of rotatable bonds is 5. The fourth-order valence-corrected chi connectivity index (χ4v) is 2.40. The van der Waals surface area contributed by atoms with E-state index in [9.17, 15) is 4.79 Å². The standard InChI is InChI=1S/C19H24N2O/c1-13-10-11-14(2)18(12-13)21-19(22)16(4)20-15(3)17-8-6-5-7-9-17/h5-12,15-16,20H,1-4H3,(H,21,22)/t15-,16-/m1/s1. The summed E-state index contributed by atoms with van der Waals surface area (Å²) < 4.78 is 0. The van der Waals surface area contributed by atoms with Gasteiger partial charge in [-0.15, -0.1) is 0 Å². The normalized spacial score (nSPS) is 13.5. The van der Waals surface area contributed by atoms with Crippen molar-refractivity contribution in [3.63, 3.8) is 0 Å². The highest BCUT2D eigenvalue weighted by atomic mass is 16.2. The van der Waals surface area contributed by atoms with E-state index in [0.717, 1.165) is 16.8 Å². The zero-order valence-electron chi connectivity index (χ0n) is 13.7. The molecule has 0 heterocycles. The molecule has 22 heavy (non-hydrogen) atoms. The zero-order chi connectivity index (χ0) is 16.1. The molecule has 0 bridgehead atoms. The molecule has 2 atom stereocenters. The third kappa shape index (κ3) is 4.18. The maximum atomic E-state index is 12.4. The summed E-state index contributed by atoms with van der Waals surface area (Å²) in [5.41, 5.74) is 4.27. The van der Waals surface area contributed by atoms with E-state index in [4.69, 9.17) is 0 Å². The van der Waals surface area contributed by atoms with Crippen LogP contribution in [-0.2, 0) is 4.79 Å². The number of benzene rings is 2. The van der Waals surface area contributed by atoms with Gasteiger partial charge in [-0.1, -0.05) is 42.5 Å². The van der Waals surface area contributed by atoms with Crippen molar-refractivity contribution in [1.29, 1.82) is 0 Å². The van der Waals surface area contributed by atoms with Crippen molar-refractivity contribution in [1.82, 2.24) is 5.32 Å². The lowest BCUT2D eigenvalue weighted by atomic mass is 10.1. The van der Waals surface area contributed by atoms with Crippen LogP contribution in [0.4, 0.5) is 5.69 Å². The van der Waals surface area contributed by atoms with E-state index < -0.39 is 0 Å². The molecule has 0 saturated heterocycles. The second-order valence-corrected chi connectivity index (χ2v) is 5.83. The minimum absolute atomic E-state index is 0.0171. The van der Waals surface area contributed by atoms with Crippen LogP contribution in [0.1, 0.15) is 36.6 Å². The highest BCUT2D eigenvalue weighted by Gasteiger charge is 2.16. The summed E-state index contributed by atoms with van der Waals surface area (Å²) in [6, 6.07) is 16.1. The molecule has 0 aromatic heterocycles. The quantitative estimate of drug-likeness (QED) is 0.876. The Balaban J connectivity index is 1.99. The van der Waals surface area contributed by atoms with Crippen LogP contribution in [0, 0.1) is 13.8 Å². The van der Waals surface area contributed by atoms with Gasteiger partial charge in [0.25, 0.3) is 0 Å². The van der Waals surface area contributed by atoms with E-state index in [-0.39, 0.29) is 18.0 Å². The highest BCUT2D eigenvalue weighted by Crippen LogP contribution is 2.17. The Hall–Kier alpha value is -2.13. The molecule has 0 fully saturated rings. The lowest BCUT2D eigenvalue weighted by Gasteiger charge is -2.20. The van der Waals surface area contributed by atoms with E-state index in [2.05, 4.69) is 29.7 Å². The average Bonchev–Trinajstić information content (AvgIpc) is 2.51. The summed E-state index contributed by atoms with van der Waals surface area (Å²) in [4.78, 5) is 12.4. The average molecular weight is 296 g/mol. The first-order chi connectivity index (χ1) is 10.5. The van der Waals surface area contributed by atoms with Crippen molar-refractivity contribution >= 4 is 11.6 Å². The SMILES string of the molecule is Cc1ccc(C)c(NC(=O)[C@@H](C)N[C@H](C)c2ccccc2)c1. The molecule has 1 amide bonds. The van der Waals surface area contributed by atoms with Crippen LogP contribution in [0.25, 0.3) is 0 Å². The Kier molecular flexibility index (Phi) is 5.34. The van der Waals surface area contributed by atoms with Crippen molar-refractivity contribution in [3.8, 4) is 0 Å². The predicted molar refractivity (Wildman–Crippen MR) is 92.0 cm³/mol. The van der Waals surface area contributed by atoms with Crippen LogP contribution in [0.3, 0.4) is 0 Å². The second kappa shape index (κ2) is 7.23. The molecule has 2 aromatic rings. The summed E-state index contributed by atoms with van der Waals surface area (Å²) in [6.07, 6.45) is 0. The lowest BCUT2D eigenvalue weighted by Crippen LogP contribution is -2.39. The zero-order valence-corrected chi connectivity index (χ0v) is 13.7. The summed E-state index contributed by atoms with van der Waals surface area (Å²) in [5.74, 6) is -0.0171. The molecule has 0 aliphatic heterocycles. The van der Waals surface area contributed by atoms with E-state index in [1.54, 1.807) is 0 Å². The molecule has 0 aliphatic rings. The van der Waals surface area contributed by atoms with E-state index in [1.165, 1.54) is 5.56 Å². The summed E-state index contributed by atoms with van der Waals surface area (Å²) >= 11 is 0. The van der Waals surface area contributed by atoms with Crippen LogP contribution in [0.5, 0.6) is 0 Å². The fourth-order valence-electron chi connectivity index (χ4n) is 2.40. The number of anilines is 1. The lowest BCUT2D eigenvalue weighted by molar-refractivity contribution is -0.117. The van der Waals surface area contributed by atoms with Gasteiger partial charge in [0, 0.05) is 11.7 Å². The summed E-state index contributed by atoms with van der Waals surface area (Å²) in [6.45, 7) is 7.98. The Morgan fingerprint density at radius 1 is 1.00 bits per heavy atom. The molecule has 116 valence electrons. The van der Waals surface area contributed by atoms with Crippen molar-refractivity contribution in [2.24, 2.45) is 0 Å². The molecule has 2 rings (SSSR count).